The van der Waals surface area contributed by atoms with Crippen LogP contribution < -0.4 is 24.4 Å². The van der Waals surface area contributed by atoms with Crippen molar-refractivity contribution < 1.29 is 19.0 Å². The summed E-state index contributed by atoms with van der Waals surface area (Å²) in [5.74, 6) is 1.48. The monoisotopic (exact) mass is 564 g/mol. The SMILES string of the molecule is COc1ccc(CCNC(=O)[C@@H](C#N)c2nc3ccccc3nc2N2CCN(Cc3ccc4c(c3)OCO4)CC2)cc1. The summed E-state index contributed by atoms with van der Waals surface area (Å²) in [6.45, 7) is 4.44. The Morgan fingerprint density at radius 1 is 0.976 bits per heavy atom. The van der Waals surface area contributed by atoms with Crippen LogP contribution in [-0.2, 0) is 17.8 Å². The van der Waals surface area contributed by atoms with Gasteiger partial charge in [0.15, 0.2) is 23.2 Å². The molecule has 3 heterocycles. The average Bonchev–Trinajstić information content (AvgIpc) is 3.50. The first-order valence-corrected chi connectivity index (χ1v) is 14.0. The Kier molecular flexibility index (Phi) is 8.01. The first-order valence-electron chi connectivity index (χ1n) is 14.0. The Labute approximate surface area is 244 Å². The summed E-state index contributed by atoms with van der Waals surface area (Å²) in [7, 11) is 1.63. The van der Waals surface area contributed by atoms with E-state index in [4.69, 9.17) is 24.2 Å². The lowest BCUT2D eigenvalue weighted by Crippen LogP contribution is -2.47. The Bertz CT molecular complexity index is 1610. The summed E-state index contributed by atoms with van der Waals surface area (Å²) in [6.07, 6.45) is 0.634. The molecule has 1 aromatic heterocycles. The first-order chi connectivity index (χ1) is 20.6. The second-order valence-corrected chi connectivity index (χ2v) is 10.3. The van der Waals surface area contributed by atoms with Crippen molar-refractivity contribution in [1.82, 2.24) is 20.2 Å². The third-order valence-corrected chi connectivity index (χ3v) is 7.63. The van der Waals surface area contributed by atoms with Gasteiger partial charge < -0.3 is 24.4 Å². The van der Waals surface area contributed by atoms with Gasteiger partial charge in [-0.3, -0.25) is 9.69 Å². The molecule has 3 aromatic carbocycles. The highest BCUT2D eigenvalue weighted by Gasteiger charge is 2.30. The Morgan fingerprint density at radius 3 is 2.43 bits per heavy atom. The third kappa shape index (κ3) is 5.92. The predicted molar refractivity (Wildman–Crippen MR) is 158 cm³/mol. The van der Waals surface area contributed by atoms with Crippen molar-refractivity contribution in [2.45, 2.75) is 18.9 Å². The number of fused-ring (bicyclic) bond motifs is 2. The summed E-state index contributed by atoms with van der Waals surface area (Å²) < 4.78 is 16.2. The minimum Gasteiger partial charge on any atom is -0.497 e. The number of para-hydroxylation sites is 2. The third-order valence-electron chi connectivity index (χ3n) is 7.63. The van der Waals surface area contributed by atoms with Crippen molar-refractivity contribution in [3.05, 3.63) is 83.6 Å². The van der Waals surface area contributed by atoms with Crippen molar-refractivity contribution in [1.29, 1.82) is 5.26 Å². The molecule has 1 amide bonds. The molecule has 0 radical (unpaired) electrons. The fraction of sp³-hybridized carbons (Fsp3) is 0.312. The lowest BCUT2D eigenvalue weighted by molar-refractivity contribution is -0.121. The fourth-order valence-corrected chi connectivity index (χ4v) is 5.31. The normalized spacial score (nSPS) is 15.3. The molecule has 1 saturated heterocycles. The van der Waals surface area contributed by atoms with Gasteiger partial charge in [0.1, 0.15) is 11.4 Å². The number of carbonyl (C=O) groups excluding carboxylic acids is 1. The molecule has 6 rings (SSSR count). The quantitative estimate of drug-likeness (QED) is 0.325. The molecule has 214 valence electrons. The highest BCUT2D eigenvalue weighted by molar-refractivity contribution is 5.88. The minimum atomic E-state index is -1.08. The second-order valence-electron chi connectivity index (χ2n) is 10.3. The number of anilines is 1. The van der Waals surface area contributed by atoms with Crippen LogP contribution in [0.4, 0.5) is 5.82 Å². The summed E-state index contributed by atoms with van der Waals surface area (Å²) in [5.41, 5.74) is 4.01. The zero-order valence-corrected chi connectivity index (χ0v) is 23.5. The number of rotatable bonds is 9. The lowest BCUT2D eigenvalue weighted by Gasteiger charge is -2.36. The molecular weight excluding hydrogens is 532 g/mol. The minimum absolute atomic E-state index is 0.261. The summed E-state index contributed by atoms with van der Waals surface area (Å²) >= 11 is 0. The number of methoxy groups -OCH3 is 1. The molecule has 4 aromatic rings. The smallest absolute Gasteiger partial charge is 0.243 e. The van der Waals surface area contributed by atoms with Gasteiger partial charge in [0.25, 0.3) is 0 Å². The molecule has 2 aliphatic rings. The van der Waals surface area contributed by atoms with Crippen molar-refractivity contribution in [2.75, 3.05) is 51.5 Å². The van der Waals surface area contributed by atoms with E-state index in [9.17, 15) is 10.1 Å². The molecule has 10 nitrogen and oxygen atoms in total. The largest absolute Gasteiger partial charge is 0.497 e. The summed E-state index contributed by atoms with van der Waals surface area (Å²) in [5, 5.41) is 13.1. The maximum atomic E-state index is 13.3. The van der Waals surface area contributed by atoms with Crippen LogP contribution in [0.15, 0.2) is 66.7 Å². The number of nitriles is 1. The van der Waals surface area contributed by atoms with E-state index in [0.29, 0.717) is 43.1 Å². The lowest BCUT2D eigenvalue weighted by atomic mass is 10.0. The standard InChI is InChI=1S/C32H32N6O4/c1-40-24-9-6-22(7-10-24)12-13-34-32(39)25(19-33)30-31(36-27-5-3-2-4-26(27)35-30)38-16-14-37(15-17-38)20-23-8-11-28-29(18-23)42-21-41-28/h2-11,18,25H,12-17,20-21H2,1H3,(H,34,39)/t25-/m0/s1. The van der Waals surface area contributed by atoms with Crippen LogP contribution in [0, 0.1) is 11.3 Å². The number of aromatic nitrogens is 2. The highest BCUT2D eigenvalue weighted by atomic mass is 16.7. The van der Waals surface area contributed by atoms with Crippen molar-refractivity contribution >= 4 is 22.8 Å². The van der Waals surface area contributed by atoms with Crippen LogP contribution in [0.3, 0.4) is 0 Å². The maximum absolute atomic E-state index is 13.3. The average molecular weight is 565 g/mol. The van der Waals surface area contributed by atoms with E-state index in [0.717, 1.165) is 53.5 Å². The maximum Gasteiger partial charge on any atom is 0.243 e. The number of hydrogen-bond donors (Lipinski definition) is 1. The zero-order valence-electron chi connectivity index (χ0n) is 23.5. The number of amides is 1. The van der Waals surface area contributed by atoms with E-state index in [1.54, 1.807) is 7.11 Å². The van der Waals surface area contributed by atoms with Crippen LogP contribution in [0.5, 0.6) is 17.2 Å². The molecule has 1 atom stereocenters. The van der Waals surface area contributed by atoms with Gasteiger partial charge >= 0.3 is 0 Å². The van der Waals surface area contributed by atoms with E-state index in [-0.39, 0.29) is 12.7 Å². The number of benzene rings is 3. The molecule has 0 aliphatic carbocycles. The topological polar surface area (TPSA) is 113 Å². The van der Waals surface area contributed by atoms with Gasteiger partial charge in [-0.15, -0.1) is 0 Å². The Morgan fingerprint density at radius 2 is 1.69 bits per heavy atom. The molecule has 0 saturated carbocycles. The number of nitrogens with zero attached hydrogens (tertiary/aromatic N) is 5. The first kappa shape index (κ1) is 27.3. The Hall–Kier alpha value is -4.88. The predicted octanol–water partition coefficient (Wildman–Crippen LogP) is 3.66. The van der Waals surface area contributed by atoms with Crippen molar-refractivity contribution in [3.8, 4) is 23.3 Å². The van der Waals surface area contributed by atoms with Gasteiger partial charge in [0.2, 0.25) is 12.7 Å². The molecule has 42 heavy (non-hydrogen) atoms. The molecule has 2 aliphatic heterocycles. The van der Waals surface area contributed by atoms with Crippen molar-refractivity contribution in [2.24, 2.45) is 0 Å². The number of carbonyl (C=O) groups is 1. The van der Waals surface area contributed by atoms with Crippen molar-refractivity contribution in [3.63, 3.8) is 0 Å². The number of piperazine rings is 1. The zero-order chi connectivity index (χ0) is 28.9. The molecule has 0 bridgehead atoms. The van der Waals surface area contributed by atoms with Crippen LogP contribution in [0.1, 0.15) is 22.7 Å². The van der Waals surface area contributed by atoms with Crippen LogP contribution in [0.2, 0.25) is 0 Å². The van der Waals surface area contributed by atoms with Gasteiger partial charge in [-0.1, -0.05) is 30.3 Å². The van der Waals surface area contributed by atoms with Crippen LogP contribution in [-0.4, -0.2) is 67.4 Å². The fourth-order valence-electron chi connectivity index (χ4n) is 5.31. The van der Waals surface area contributed by atoms with E-state index < -0.39 is 5.92 Å². The molecule has 1 N–H and O–H groups in total. The van der Waals surface area contributed by atoms with Gasteiger partial charge in [0, 0.05) is 39.3 Å². The van der Waals surface area contributed by atoms with Crippen LogP contribution >= 0.6 is 0 Å². The van der Waals surface area contributed by atoms with Crippen LogP contribution in [0.25, 0.3) is 11.0 Å². The van der Waals surface area contributed by atoms with E-state index >= 15 is 0 Å². The highest BCUT2D eigenvalue weighted by Crippen LogP contribution is 2.33. The summed E-state index contributed by atoms with van der Waals surface area (Å²) in [6, 6.07) is 23.5. The second kappa shape index (κ2) is 12.3. The molecular formula is C32H32N6O4. The van der Waals surface area contributed by atoms with Gasteiger partial charge in [-0.2, -0.15) is 5.26 Å². The Balaban J connectivity index is 1.16. The summed E-state index contributed by atoms with van der Waals surface area (Å²) in [4.78, 5) is 27.5. The van der Waals surface area contributed by atoms with E-state index in [2.05, 4.69) is 27.3 Å². The van der Waals surface area contributed by atoms with Gasteiger partial charge in [0.05, 0.1) is 24.2 Å². The molecule has 10 heteroatoms. The number of ether oxygens (including phenoxy) is 3. The van der Waals surface area contributed by atoms with Gasteiger partial charge in [-0.05, 0) is 53.9 Å². The molecule has 0 spiro atoms. The van der Waals surface area contributed by atoms with E-state index in [1.807, 2.05) is 60.7 Å². The number of hydrogen-bond acceptors (Lipinski definition) is 9. The van der Waals surface area contributed by atoms with E-state index in [1.165, 1.54) is 0 Å². The number of nitrogens with one attached hydrogen (secondary N) is 1. The molecule has 1 fully saturated rings. The molecule has 0 unspecified atom stereocenters. The van der Waals surface area contributed by atoms with Gasteiger partial charge in [-0.25, -0.2) is 9.97 Å².